The SMILES string of the molecule is O=C(C#CC=C1CCN(c2ncccc2[N+](=O)[O-])CC1)c1ccc(F)cc1. The van der Waals surface area contributed by atoms with Crippen LogP contribution in [0.5, 0.6) is 0 Å². The first-order valence-electron chi connectivity index (χ1n) is 8.38. The van der Waals surface area contributed by atoms with E-state index < -0.39 is 10.7 Å². The summed E-state index contributed by atoms with van der Waals surface area (Å²) >= 11 is 0. The Labute approximate surface area is 155 Å². The smallest absolute Gasteiger partial charge is 0.311 e. The first-order valence-corrected chi connectivity index (χ1v) is 8.38. The molecule has 7 heteroatoms. The van der Waals surface area contributed by atoms with Gasteiger partial charge in [0, 0.05) is 30.9 Å². The van der Waals surface area contributed by atoms with Gasteiger partial charge in [0.2, 0.25) is 11.6 Å². The van der Waals surface area contributed by atoms with Crippen LogP contribution < -0.4 is 4.90 Å². The van der Waals surface area contributed by atoms with Gasteiger partial charge in [0.1, 0.15) is 5.82 Å². The number of halogens is 1. The summed E-state index contributed by atoms with van der Waals surface area (Å²) in [5, 5.41) is 11.1. The van der Waals surface area contributed by atoms with Crippen LogP contribution in [0.2, 0.25) is 0 Å². The summed E-state index contributed by atoms with van der Waals surface area (Å²) in [6.45, 7) is 1.19. The Morgan fingerprint density at radius 3 is 2.59 bits per heavy atom. The fraction of sp³-hybridized carbons (Fsp3) is 0.200. The second-order valence-electron chi connectivity index (χ2n) is 6.00. The van der Waals surface area contributed by atoms with E-state index in [1.807, 2.05) is 4.90 Å². The molecule has 0 saturated carbocycles. The van der Waals surface area contributed by atoms with E-state index in [2.05, 4.69) is 16.8 Å². The van der Waals surface area contributed by atoms with Gasteiger partial charge in [-0.3, -0.25) is 14.9 Å². The van der Waals surface area contributed by atoms with Gasteiger partial charge in [0.25, 0.3) is 0 Å². The van der Waals surface area contributed by atoms with Crippen molar-refractivity contribution in [3.8, 4) is 11.8 Å². The zero-order valence-corrected chi connectivity index (χ0v) is 14.4. The van der Waals surface area contributed by atoms with Crippen molar-refractivity contribution in [3.05, 3.63) is 75.7 Å². The molecule has 0 radical (unpaired) electrons. The van der Waals surface area contributed by atoms with E-state index in [4.69, 9.17) is 0 Å². The normalized spacial score (nSPS) is 13.5. The zero-order chi connectivity index (χ0) is 19.2. The number of carbonyl (C=O) groups is 1. The van der Waals surface area contributed by atoms with Gasteiger partial charge in [0.05, 0.1) is 4.92 Å². The fourth-order valence-corrected chi connectivity index (χ4v) is 2.80. The molecule has 27 heavy (non-hydrogen) atoms. The van der Waals surface area contributed by atoms with Crippen molar-refractivity contribution in [2.45, 2.75) is 12.8 Å². The quantitative estimate of drug-likeness (QED) is 0.273. The van der Waals surface area contributed by atoms with Crippen LogP contribution in [0.4, 0.5) is 15.9 Å². The van der Waals surface area contributed by atoms with Crippen molar-refractivity contribution in [2.24, 2.45) is 0 Å². The Hall–Kier alpha value is -3.53. The largest absolute Gasteiger partial charge is 0.350 e. The van der Waals surface area contributed by atoms with Crippen molar-refractivity contribution < 1.29 is 14.1 Å². The molecule has 136 valence electrons. The maximum absolute atomic E-state index is 12.9. The number of hydrogen-bond donors (Lipinski definition) is 0. The molecule has 3 rings (SSSR count). The standard InChI is InChI=1S/C20H16FN3O3/c21-17-8-6-16(7-9-17)19(25)5-1-3-15-10-13-23(14-11-15)20-18(24(26)27)4-2-12-22-20/h2-4,6-9,12H,10-11,13-14H2. The summed E-state index contributed by atoms with van der Waals surface area (Å²) in [6.07, 6.45) is 4.63. The minimum Gasteiger partial charge on any atom is -0.350 e. The highest BCUT2D eigenvalue weighted by Crippen LogP contribution is 2.28. The highest BCUT2D eigenvalue weighted by molar-refractivity contribution is 6.09. The van der Waals surface area contributed by atoms with E-state index in [0.29, 0.717) is 37.3 Å². The fourth-order valence-electron chi connectivity index (χ4n) is 2.80. The molecule has 1 aromatic carbocycles. The molecular formula is C20H16FN3O3. The molecule has 1 aliphatic rings. The number of rotatable bonds is 3. The van der Waals surface area contributed by atoms with Crippen molar-refractivity contribution >= 4 is 17.3 Å². The number of nitrogens with zero attached hydrogens (tertiary/aromatic N) is 3. The highest BCUT2D eigenvalue weighted by atomic mass is 19.1. The number of piperidine rings is 1. The van der Waals surface area contributed by atoms with Crippen LogP contribution in [-0.4, -0.2) is 28.8 Å². The van der Waals surface area contributed by atoms with Gasteiger partial charge in [-0.2, -0.15) is 0 Å². The van der Waals surface area contributed by atoms with E-state index in [9.17, 15) is 19.3 Å². The number of ketones is 1. The van der Waals surface area contributed by atoms with Crippen LogP contribution in [0, 0.1) is 27.8 Å². The molecule has 0 aliphatic carbocycles. The lowest BCUT2D eigenvalue weighted by molar-refractivity contribution is -0.384. The highest BCUT2D eigenvalue weighted by Gasteiger charge is 2.23. The molecule has 1 fully saturated rings. The van der Waals surface area contributed by atoms with Crippen LogP contribution >= 0.6 is 0 Å². The molecule has 6 nitrogen and oxygen atoms in total. The van der Waals surface area contributed by atoms with Gasteiger partial charge in [-0.25, -0.2) is 9.37 Å². The van der Waals surface area contributed by atoms with Gasteiger partial charge in [-0.05, 0) is 55.2 Å². The Balaban J connectivity index is 1.62. The molecule has 1 aromatic heterocycles. The van der Waals surface area contributed by atoms with Gasteiger partial charge < -0.3 is 4.90 Å². The van der Waals surface area contributed by atoms with Gasteiger partial charge in [-0.15, -0.1) is 0 Å². The lowest BCUT2D eigenvalue weighted by atomic mass is 10.0. The van der Waals surface area contributed by atoms with Gasteiger partial charge in [0.15, 0.2) is 0 Å². The van der Waals surface area contributed by atoms with Crippen molar-refractivity contribution in [3.63, 3.8) is 0 Å². The van der Waals surface area contributed by atoms with Crippen LogP contribution in [0.25, 0.3) is 0 Å². The average molecular weight is 365 g/mol. The van der Waals surface area contributed by atoms with E-state index >= 15 is 0 Å². The lowest BCUT2D eigenvalue weighted by Gasteiger charge is -2.28. The Morgan fingerprint density at radius 1 is 1.22 bits per heavy atom. The van der Waals surface area contributed by atoms with Crippen LogP contribution in [0.3, 0.4) is 0 Å². The maximum atomic E-state index is 12.9. The molecule has 0 N–H and O–H groups in total. The maximum Gasteiger partial charge on any atom is 0.311 e. The molecule has 0 bridgehead atoms. The molecule has 2 aromatic rings. The third kappa shape index (κ3) is 4.55. The van der Waals surface area contributed by atoms with E-state index in [-0.39, 0.29) is 11.5 Å². The monoisotopic (exact) mass is 365 g/mol. The third-order valence-electron chi connectivity index (χ3n) is 4.24. The number of aromatic nitrogens is 1. The summed E-state index contributed by atoms with van der Waals surface area (Å²) in [7, 11) is 0. The topological polar surface area (TPSA) is 76.3 Å². The lowest BCUT2D eigenvalue weighted by Crippen LogP contribution is -2.31. The number of pyridine rings is 1. The van der Waals surface area contributed by atoms with Crippen molar-refractivity contribution in [1.29, 1.82) is 0 Å². The van der Waals surface area contributed by atoms with Crippen molar-refractivity contribution in [1.82, 2.24) is 4.98 Å². The molecule has 0 spiro atoms. The van der Waals surface area contributed by atoms with Crippen molar-refractivity contribution in [2.75, 3.05) is 18.0 Å². The average Bonchev–Trinajstić information content (AvgIpc) is 2.69. The minimum absolute atomic E-state index is 0.00499. The Bertz CT molecular complexity index is 948. The van der Waals surface area contributed by atoms with Crippen LogP contribution in [-0.2, 0) is 0 Å². The van der Waals surface area contributed by atoms with Gasteiger partial charge >= 0.3 is 5.69 Å². The van der Waals surface area contributed by atoms with Crippen LogP contribution in [0.1, 0.15) is 23.2 Å². The molecule has 1 saturated heterocycles. The molecular weight excluding hydrogens is 349 g/mol. The third-order valence-corrected chi connectivity index (χ3v) is 4.24. The Kier molecular flexibility index (Phi) is 5.57. The molecule has 1 aliphatic heterocycles. The zero-order valence-electron chi connectivity index (χ0n) is 14.4. The van der Waals surface area contributed by atoms with Crippen LogP contribution in [0.15, 0.2) is 54.2 Å². The second kappa shape index (κ2) is 8.23. The van der Waals surface area contributed by atoms with E-state index in [0.717, 1.165) is 5.57 Å². The van der Waals surface area contributed by atoms with Gasteiger partial charge in [-0.1, -0.05) is 11.5 Å². The first kappa shape index (κ1) is 18.3. The summed E-state index contributed by atoms with van der Waals surface area (Å²) in [5.41, 5.74) is 1.42. The summed E-state index contributed by atoms with van der Waals surface area (Å²) in [6, 6.07) is 8.24. The number of carbonyl (C=O) groups excluding carboxylic acids is 1. The number of nitro groups is 1. The Morgan fingerprint density at radius 2 is 1.93 bits per heavy atom. The number of benzene rings is 1. The molecule has 2 heterocycles. The number of allylic oxidation sites excluding steroid dienone is 1. The minimum atomic E-state index is -0.430. The summed E-state index contributed by atoms with van der Waals surface area (Å²) in [4.78, 5) is 28.6. The predicted molar refractivity (Wildman–Crippen MR) is 98.9 cm³/mol. The second-order valence-corrected chi connectivity index (χ2v) is 6.00. The van der Waals surface area contributed by atoms with E-state index in [1.165, 1.54) is 30.3 Å². The summed E-state index contributed by atoms with van der Waals surface area (Å²) in [5.74, 6) is 4.89. The summed E-state index contributed by atoms with van der Waals surface area (Å²) < 4.78 is 12.9. The number of hydrogen-bond acceptors (Lipinski definition) is 5. The predicted octanol–water partition coefficient (Wildman–Crippen LogP) is 3.54. The first-order chi connectivity index (χ1) is 13.0. The molecule has 0 atom stereocenters. The number of anilines is 1. The molecule has 0 unspecified atom stereocenters. The molecule has 0 amide bonds. The number of Topliss-reactive ketones (excluding diaryl/α,β-unsaturated/α-hetero) is 1. The van der Waals surface area contributed by atoms with E-state index in [1.54, 1.807) is 18.3 Å².